The molecule has 2 aromatic carbocycles. The minimum absolute atomic E-state index is 0.0741. The van der Waals surface area contributed by atoms with Gasteiger partial charge in [-0.3, -0.25) is 0 Å². The molecular formula is C22H24ClNO5S. The number of aliphatic hydroxyl groups is 1. The van der Waals surface area contributed by atoms with E-state index in [0.29, 0.717) is 30.8 Å². The Labute approximate surface area is 181 Å². The van der Waals surface area contributed by atoms with Crippen molar-refractivity contribution in [1.29, 1.82) is 0 Å². The summed E-state index contributed by atoms with van der Waals surface area (Å²) in [6, 6.07) is 13.9. The minimum Gasteiger partial charge on any atom is -0.429 e. The van der Waals surface area contributed by atoms with Gasteiger partial charge in [-0.05, 0) is 61.1 Å². The van der Waals surface area contributed by atoms with Gasteiger partial charge in [-0.15, -0.1) is 0 Å². The van der Waals surface area contributed by atoms with E-state index in [4.69, 9.17) is 16.3 Å². The Hall–Kier alpha value is -2.09. The van der Waals surface area contributed by atoms with Crippen molar-refractivity contribution >= 4 is 27.5 Å². The summed E-state index contributed by atoms with van der Waals surface area (Å²) in [6.07, 6.45) is 1.00. The molecule has 4 rings (SSSR count). The second kappa shape index (κ2) is 8.57. The second-order valence-electron chi connectivity index (χ2n) is 7.91. The third-order valence-electron chi connectivity index (χ3n) is 5.86. The Morgan fingerprint density at radius 2 is 1.80 bits per heavy atom. The van der Waals surface area contributed by atoms with E-state index in [0.717, 1.165) is 12.0 Å². The van der Waals surface area contributed by atoms with E-state index in [1.807, 2.05) is 24.3 Å². The monoisotopic (exact) mass is 449 g/mol. The zero-order chi connectivity index (χ0) is 21.3. The molecule has 8 heteroatoms. The number of aryl methyl sites for hydroxylation is 1. The summed E-state index contributed by atoms with van der Waals surface area (Å²) in [5.74, 6) is -0.364. The maximum Gasteiger partial charge on any atom is 0.411 e. The normalized spacial score (nSPS) is 22.4. The lowest BCUT2D eigenvalue weighted by Crippen LogP contribution is -2.41. The third-order valence-corrected chi connectivity index (χ3v) is 8.13. The van der Waals surface area contributed by atoms with Crippen molar-refractivity contribution in [3.8, 4) is 0 Å². The first-order valence-electron chi connectivity index (χ1n) is 10.0. The lowest BCUT2D eigenvalue weighted by molar-refractivity contribution is 0.0681. The van der Waals surface area contributed by atoms with Gasteiger partial charge in [0.25, 0.3) is 0 Å². The van der Waals surface area contributed by atoms with Crippen molar-refractivity contribution in [2.45, 2.75) is 42.1 Å². The van der Waals surface area contributed by atoms with Gasteiger partial charge in [-0.1, -0.05) is 35.9 Å². The molecule has 1 fully saturated rings. The maximum atomic E-state index is 13.5. The molecule has 0 aromatic heterocycles. The predicted molar refractivity (Wildman–Crippen MR) is 113 cm³/mol. The van der Waals surface area contributed by atoms with Crippen LogP contribution in [0.25, 0.3) is 0 Å². The SMILES string of the molecule is O=C(OC(C1CCc2ccccc2C1)S(=O)(=O)c1ccc(Cl)cc1)N1CC[C@@H](O)C1. The molecule has 30 heavy (non-hydrogen) atoms. The number of benzene rings is 2. The molecular weight excluding hydrogens is 426 g/mol. The van der Waals surface area contributed by atoms with E-state index in [-0.39, 0.29) is 17.4 Å². The summed E-state index contributed by atoms with van der Waals surface area (Å²) in [5, 5.41) is 10.2. The van der Waals surface area contributed by atoms with Crippen LogP contribution in [0.4, 0.5) is 4.79 Å². The first kappa shape index (κ1) is 21.2. The number of halogens is 1. The van der Waals surface area contributed by atoms with Crippen LogP contribution in [0.3, 0.4) is 0 Å². The van der Waals surface area contributed by atoms with Crippen LogP contribution in [0.5, 0.6) is 0 Å². The molecule has 160 valence electrons. The highest BCUT2D eigenvalue weighted by Gasteiger charge is 2.41. The van der Waals surface area contributed by atoms with Gasteiger partial charge in [0.2, 0.25) is 15.3 Å². The Morgan fingerprint density at radius 3 is 2.47 bits per heavy atom. The number of ether oxygens (including phenoxy) is 1. The molecule has 1 aliphatic carbocycles. The van der Waals surface area contributed by atoms with Crippen molar-refractivity contribution < 1.29 is 23.1 Å². The molecule has 1 saturated heterocycles. The zero-order valence-corrected chi connectivity index (χ0v) is 18.0. The maximum absolute atomic E-state index is 13.5. The van der Waals surface area contributed by atoms with Gasteiger partial charge in [0.1, 0.15) is 0 Å². The number of carbonyl (C=O) groups is 1. The summed E-state index contributed by atoms with van der Waals surface area (Å²) in [5.41, 5.74) is 0.973. The molecule has 0 radical (unpaired) electrons. The number of amides is 1. The van der Waals surface area contributed by atoms with Crippen LogP contribution in [0.1, 0.15) is 24.0 Å². The lowest BCUT2D eigenvalue weighted by Gasteiger charge is -2.32. The van der Waals surface area contributed by atoms with Crippen molar-refractivity contribution in [1.82, 2.24) is 4.90 Å². The Bertz CT molecular complexity index is 1020. The highest BCUT2D eigenvalue weighted by atomic mass is 35.5. The number of aliphatic hydroxyl groups excluding tert-OH is 1. The van der Waals surface area contributed by atoms with Gasteiger partial charge in [0.15, 0.2) is 0 Å². The molecule has 1 aliphatic heterocycles. The van der Waals surface area contributed by atoms with Crippen LogP contribution < -0.4 is 0 Å². The van der Waals surface area contributed by atoms with E-state index >= 15 is 0 Å². The number of likely N-dealkylation sites (tertiary alicyclic amines) is 1. The molecule has 6 nitrogen and oxygen atoms in total. The molecule has 2 unspecified atom stereocenters. The van der Waals surface area contributed by atoms with Gasteiger partial charge in [0.05, 0.1) is 11.0 Å². The van der Waals surface area contributed by atoms with Crippen LogP contribution >= 0.6 is 11.6 Å². The summed E-state index contributed by atoms with van der Waals surface area (Å²) in [4.78, 5) is 14.2. The fourth-order valence-electron chi connectivity index (χ4n) is 4.21. The zero-order valence-electron chi connectivity index (χ0n) is 16.4. The van der Waals surface area contributed by atoms with Crippen LogP contribution in [-0.4, -0.2) is 49.1 Å². The molecule has 0 bridgehead atoms. The van der Waals surface area contributed by atoms with Crippen molar-refractivity contribution in [3.05, 3.63) is 64.7 Å². The van der Waals surface area contributed by atoms with Gasteiger partial charge in [0, 0.05) is 24.0 Å². The minimum atomic E-state index is -3.95. The Kier molecular flexibility index (Phi) is 6.04. The van der Waals surface area contributed by atoms with Crippen LogP contribution in [0, 0.1) is 5.92 Å². The summed E-state index contributed by atoms with van der Waals surface area (Å²) in [6.45, 7) is 0.501. The molecule has 1 amide bonds. The molecule has 0 saturated carbocycles. The average Bonchev–Trinajstić information content (AvgIpc) is 3.18. The fourth-order valence-corrected chi connectivity index (χ4v) is 6.07. The lowest BCUT2D eigenvalue weighted by atomic mass is 9.84. The summed E-state index contributed by atoms with van der Waals surface area (Å²) >= 11 is 5.92. The standard InChI is InChI=1S/C22H24ClNO5S/c23-18-7-9-20(10-8-18)30(27,28)21(29-22(26)24-12-11-19(25)14-24)17-6-5-15-3-1-2-4-16(15)13-17/h1-4,7-10,17,19,21,25H,5-6,11-14H2/t17?,19-,21?/m1/s1. The number of fused-ring (bicyclic) bond motifs is 1. The number of nitrogens with zero attached hydrogens (tertiary/aromatic N) is 1. The second-order valence-corrected chi connectivity index (χ2v) is 10.4. The number of β-amino-alcohol motifs (C(OH)–C–C–N with tert-alkyl or cyclic N) is 1. The van der Waals surface area contributed by atoms with E-state index in [2.05, 4.69) is 0 Å². The molecule has 2 aromatic rings. The van der Waals surface area contributed by atoms with Gasteiger partial charge in [-0.2, -0.15) is 0 Å². The van der Waals surface area contributed by atoms with Gasteiger partial charge in [-0.25, -0.2) is 13.2 Å². The number of rotatable bonds is 4. The molecule has 1 heterocycles. The van der Waals surface area contributed by atoms with Crippen molar-refractivity contribution in [3.63, 3.8) is 0 Å². The van der Waals surface area contributed by atoms with E-state index in [1.54, 1.807) is 0 Å². The van der Waals surface area contributed by atoms with Crippen LogP contribution in [-0.2, 0) is 27.4 Å². The predicted octanol–water partition coefficient (Wildman–Crippen LogP) is 3.45. The highest BCUT2D eigenvalue weighted by molar-refractivity contribution is 7.92. The van der Waals surface area contributed by atoms with E-state index < -0.39 is 27.5 Å². The molecule has 3 atom stereocenters. The van der Waals surface area contributed by atoms with E-state index in [1.165, 1.54) is 34.7 Å². The Balaban J connectivity index is 1.64. The number of hydrogen-bond donors (Lipinski definition) is 1. The Morgan fingerprint density at radius 1 is 1.10 bits per heavy atom. The first-order valence-corrected chi connectivity index (χ1v) is 12.0. The first-order chi connectivity index (χ1) is 14.3. The smallest absolute Gasteiger partial charge is 0.411 e. The fraction of sp³-hybridized carbons (Fsp3) is 0.409. The number of hydrogen-bond acceptors (Lipinski definition) is 5. The quantitative estimate of drug-likeness (QED) is 0.772. The highest BCUT2D eigenvalue weighted by Crippen LogP contribution is 2.34. The molecule has 0 spiro atoms. The molecule has 2 aliphatic rings. The van der Waals surface area contributed by atoms with Crippen molar-refractivity contribution in [2.75, 3.05) is 13.1 Å². The van der Waals surface area contributed by atoms with Gasteiger partial charge >= 0.3 is 6.09 Å². The number of sulfone groups is 1. The molecule has 1 N–H and O–H groups in total. The summed E-state index contributed by atoms with van der Waals surface area (Å²) in [7, 11) is -3.95. The average molecular weight is 450 g/mol. The van der Waals surface area contributed by atoms with Crippen LogP contribution in [0.2, 0.25) is 5.02 Å². The topological polar surface area (TPSA) is 83.9 Å². The largest absolute Gasteiger partial charge is 0.429 e. The summed E-state index contributed by atoms with van der Waals surface area (Å²) < 4.78 is 32.6. The van der Waals surface area contributed by atoms with Gasteiger partial charge < -0.3 is 14.7 Å². The third kappa shape index (κ3) is 4.33. The van der Waals surface area contributed by atoms with E-state index in [9.17, 15) is 18.3 Å². The van der Waals surface area contributed by atoms with Crippen LogP contribution in [0.15, 0.2) is 53.4 Å². The number of carbonyl (C=O) groups excluding carboxylic acids is 1. The van der Waals surface area contributed by atoms with Crippen molar-refractivity contribution in [2.24, 2.45) is 5.92 Å².